The number of ether oxygens (including phenoxy) is 11. The van der Waals surface area contributed by atoms with Crippen LogP contribution in [0.2, 0.25) is 0 Å². The van der Waals surface area contributed by atoms with Gasteiger partial charge in [0.1, 0.15) is 34.3 Å². The van der Waals surface area contributed by atoms with Crippen LogP contribution in [0.25, 0.3) is 16.2 Å². The number of nitrogens with two attached hydrogens (primary N) is 1. The average molecular weight is 9120 g/mol. The molecule has 142 heavy (non-hydrogen) atoms. The summed E-state index contributed by atoms with van der Waals surface area (Å²) in [5.74, 6) is 3.61. The smallest absolute Gasteiger partial charge is 0.276 e. The van der Waals surface area contributed by atoms with Crippen molar-refractivity contribution in [1.82, 2.24) is 5.16 Å². The number of halogens is 65. The fourth-order valence-corrected chi connectivity index (χ4v) is 7970. The van der Waals surface area contributed by atoms with E-state index in [2.05, 4.69) is 680 Å². The van der Waals surface area contributed by atoms with E-state index in [4.69, 9.17) is 75.8 Å². The second-order valence-corrected chi connectivity index (χ2v) is 1320. The minimum Gasteiger partial charge on any atom is -0.496 e. The van der Waals surface area contributed by atoms with Crippen molar-refractivity contribution < 1.29 is 109 Å². The molecule has 1 saturated heterocycles. The molecule has 19 nitrogen and oxygen atoms in total. The van der Waals surface area contributed by atoms with Crippen molar-refractivity contribution in [2.24, 2.45) is 0 Å². The van der Waals surface area contributed by atoms with Gasteiger partial charge in [-0.2, -0.15) is 0 Å². The molecule has 1 fully saturated rings. The third-order valence-corrected chi connectivity index (χ3v) is 3810. The monoisotopic (exact) mass is 9120 g/mol. The second-order valence-electron chi connectivity index (χ2n) is 19.9. The number of methoxy groups -OCH3 is 10. The molecule has 0 spiro atoms. The number of benzene rings is 5. The summed E-state index contributed by atoms with van der Waals surface area (Å²) in [7, 11) is 6.45. The molecule has 6 aromatic rings. The summed E-state index contributed by atoms with van der Waals surface area (Å²) >= 11 is 109. The molecule has 4 N–H and O–H groups in total. The molecular formula is C58H76Br2FI62N3O16-2. The molecule has 1 aliphatic rings. The Morgan fingerprint density at radius 2 is 0.676 bits per heavy atom. The van der Waals surface area contributed by atoms with Crippen LogP contribution in [0.4, 0.5) is 10.2 Å². The first-order chi connectivity index (χ1) is 67.2. The van der Waals surface area contributed by atoms with Crippen LogP contribution in [0.3, 0.4) is 0 Å². The Balaban J connectivity index is -0.000000494. The summed E-state index contributed by atoms with van der Waals surface area (Å²) < 4.78 is 77.6. The number of aromatic nitrogens is 1. The maximum Gasteiger partial charge on any atom is 0.276 e. The number of Topliss-reactive ketones (excluding diaryl/α,β-unsaturated/α-hetero) is 1. The first kappa shape index (κ1) is 187. The third kappa shape index (κ3) is 89.7. The first-order valence-electron chi connectivity index (χ1n) is 32.9. The minimum atomic E-state index is -1.00. The van der Waals surface area contributed by atoms with Crippen LogP contribution >= 0.6 is 870 Å². The van der Waals surface area contributed by atoms with Gasteiger partial charge in [-0.15, -0.1) is 0 Å². The van der Waals surface area contributed by atoms with Crippen LogP contribution in [-0.2, 0) is 61.5 Å². The van der Waals surface area contributed by atoms with Crippen LogP contribution in [0, 0.1) is 6.57 Å². The number of aliphatic hydroxyl groups is 2. The van der Waals surface area contributed by atoms with Crippen molar-refractivity contribution >= 4 is 888 Å². The Labute approximate surface area is 1300 Å². The predicted molar refractivity (Wildman–Crippen MR) is 1150 cm³/mol. The number of hydrogen-bond donors (Lipinski definition) is 3. The molecule has 7 rings (SSSR count). The van der Waals surface area contributed by atoms with Gasteiger partial charge >= 0.3 is 871 Å². The first-order valence-corrected chi connectivity index (χ1v) is 398. The fourth-order valence-electron chi connectivity index (χ4n) is 7.16. The summed E-state index contributed by atoms with van der Waals surface area (Å²) in [6, 6.07) is 29.3. The maximum absolute atomic E-state index is 11.6. The molecule has 0 aliphatic carbocycles. The number of aliphatic hydroxyl groups excluding tert-OH is 2. The van der Waals surface area contributed by atoms with Crippen LogP contribution in [0.5, 0.6) is 28.7 Å². The van der Waals surface area contributed by atoms with Crippen molar-refractivity contribution in [2.45, 2.75) is 45.9 Å². The third-order valence-electron chi connectivity index (χ3n) is 12.1. The zero-order valence-electron chi connectivity index (χ0n) is 71.7. The van der Waals surface area contributed by atoms with E-state index in [0.717, 1.165) is 74.1 Å². The van der Waals surface area contributed by atoms with Gasteiger partial charge in [-0.05, 0) is 133 Å². The Kier molecular flexibility index (Phi) is 162. The second kappa shape index (κ2) is 123. The number of carbonyl (C=O) groups excluding carboxylic acids is 2. The maximum atomic E-state index is 11.6. The van der Waals surface area contributed by atoms with Crippen molar-refractivity contribution in [2.75, 3.05) is 111 Å². The summed E-state index contributed by atoms with van der Waals surface area (Å²) in [5, 5.41) is 19.4. The fraction of sp³-hybridized carbons (Fsp3) is 0.379. The topological polar surface area (TPSA) is 233 Å². The average Bonchev–Trinajstić information content (AvgIpc) is 1.72. The van der Waals surface area contributed by atoms with Crippen LogP contribution in [-0.4, -0.2) is 132 Å². The predicted octanol–water partition coefficient (Wildman–Crippen LogP) is 58.3. The number of nitrogen functional groups attached to an aromatic ring is 1. The van der Waals surface area contributed by atoms with Gasteiger partial charge in [-0.3, -0.25) is 9.18 Å². The summed E-state index contributed by atoms with van der Waals surface area (Å²) in [5.41, 5.74) is 12.0. The van der Waals surface area contributed by atoms with Crippen LogP contribution in [0.15, 0.2) is 111 Å². The van der Waals surface area contributed by atoms with Gasteiger partial charge in [0, 0.05) is 54.8 Å². The van der Waals surface area contributed by atoms with Crippen LogP contribution < -0.4 is 55.9 Å². The number of hydrogen-bond acceptors (Lipinski definition) is 18. The number of carbonyl (C=O) groups is 2. The van der Waals surface area contributed by atoms with Crippen molar-refractivity contribution in [3.63, 3.8) is 0 Å². The zero-order valence-corrected chi connectivity index (χ0v) is 208. The van der Waals surface area contributed by atoms with E-state index >= 15 is 0 Å². The quantitative estimate of drug-likeness (QED) is 0.0140. The summed E-state index contributed by atoms with van der Waals surface area (Å²) in [4.78, 5) is 26.1. The molecule has 0 bridgehead atoms. The van der Waals surface area contributed by atoms with E-state index in [1.807, 2.05) is 66.7 Å². The van der Waals surface area contributed by atoms with E-state index in [1.165, 1.54) is 34.2 Å². The number of rotatable bonds is 42. The molecule has 0 unspecified atom stereocenters. The SMILES string of the molecule is C1CCOC1.CO.COCc1ccc(OC)c(-c2cc(N)no2)c1.COCc1ccc(OC)c(Br)c1.COCc1ccc(OC)c(C(=O)OC)c1.COc1ccc(CO)cc1Br.II(I)I(I)I(I)I(I)I(I)I(I)I.II(I)I(I)I(I)I(I)I(I)I(I)I(I)I.I[I-]I(I)I(I)I(I)I(I)I(I)I(I)I.I[I-]I(I)I(I)I(I)I(I)I(I)I(I)I(I)I.[2H]CF.[C-]#[N+]CC(=O)c1cc(COC)ccc1OC. The molecule has 0 atom stereocenters. The van der Waals surface area contributed by atoms with Crippen molar-refractivity contribution in [1.29, 1.82) is 0 Å². The van der Waals surface area contributed by atoms with Gasteiger partial charge in [0.2, 0.25) is 5.78 Å². The standard InChI is InChI=1S/C12H14N2O3.C12H13NO3.C11H14O4.C9H11BrO2.C8H9BrO2.C4H8O.CH3F.CH4O.I17.I16.I15.I14/c1-15-7-8-3-4-10(16-2)9(5-8)11-6-12(13)14-17-11;1-13-7-11(14)10-6-9(8-15-2)4-5-12(10)16-3;1-13-7-8-4-5-10(14-2)9(6-8)11(12)15-3;1-11-6-7-3-4-9(12-2)8(10)5-7;1-11-8-3-2-6(5-10)4-7(8)9;1-2-4-5-3-1;2*1-2;1-10-12(4)14(6)16(8)17(9)15(7)13(5)11(2)3;1-10(2)12(5)14(7)16(9)15(8)13(6)11(3)4;1-9-11(4)13(6)15(8)14(7)12(5)10(2)3;1-9(2)11(5)13(7)14(8)12(6)10(3)4/h3-6H,7H2,1-2H3,(H2,13,14);4-6H,7-8H2,2-3H3;4-6H,7H2,1-3H3;3-5H,6H2,1-2H3;2-4,10H,5H2,1H3;1-4H2;1H3;2H,1H3;;;;/q;;;;;;;;-1;;-1;/i;;;;;;1D;;;;;. The molecule has 1 aliphatic heterocycles. The molecule has 876 valence electrons. The molecular weight excluding hydrogens is 9040 g/mol. The zero-order chi connectivity index (χ0) is 111. The Morgan fingerprint density at radius 1 is 0.415 bits per heavy atom. The largest absolute Gasteiger partial charge is 0.496 e. The molecule has 5 aromatic carbocycles. The molecule has 1 aromatic heterocycles. The summed E-state index contributed by atoms with van der Waals surface area (Å²) in [6.07, 6.45) is 2.56. The van der Waals surface area contributed by atoms with E-state index in [1.54, 1.807) is 80.1 Å². The number of nitrogens with zero attached hydrogens (tertiary/aromatic N) is 2. The summed E-state index contributed by atoms with van der Waals surface area (Å²) in [6.45, 7) is 10.6. The molecule has 0 saturated carbocycles. The number of ketones is 1. The Morgan fingerprint density at radius 3 is 0.923 bits per heavy atom. The van der Waals surface area contributed by atoms with E-state index < -0.39 is 60.5 Å². The molecule has 2 heterocycles. The Hall–Kier alpha value is 38.6. The normalized spacial score (nSPS) is 13.5. The molecule has 0 amide bonds. The molecule has 84 heteroatoms. The van der Waals surface area contributed by atoms with Crippen LogP contribution in [0.1, 0.15) is 62.7 Å². The minimum absolute atomic E-state index is 0.0581. The van der Waals surface area contributed by atoms with Gasteiger partial charge in [0.05, 0.1) is 104 Å². The number of esters is 1. The Bertz CT molecular complexity index is 4290. The van der Waals surface area contributed by atoms with Gasteiger partial charge in [0.15, 0.2) is 11.6 Å². The van der Waals surface area contributed by atoms with Gasteiger partial charge < -0.3 is 77.4 Å². The van der Waals surface area contributed by atoms with E-state index in [9.17, 15) is 14.0 Å². The van der Waals surface area contributed by atoms with E-state index in [0.29, 0.717) is 92.9 Å². The van der Waals surface area contributed by atoms with Gasteiger partial charge in [-0.1, -0.05) is 35.5 Å². The van der Waals surface area contributed by atoms with Crippen molar-refractivity contribution in [3.05, 3.63) is 156 Å². The number of anilines is 1. The molecule has 0 radical (unpaired) electrons. The van der Waals surface area contributed by atoms with Gasteiger partial charge in [-0.25, -0.2) is 11.4 Å². The van der Waals surface area contributed by atoms with E-state index in [-0.39, 0.29) is 177 Å². The van der Waals surface area contributed by atoms with Gasteiger partial charge in [0.25, 0.3) is 6.54 Å². The van der Waals surface area contributed by atoms with Crippen molar-refractivity contribution in [3.8, 4) is 40.1 Å². The number of alkyl halides is 1.